The van der Waals surface area contributed by atoms with Crippen LogP contribution in [0.2, 0.25) is 0 Å². The van der Waals surface area contributed by atoms with Gasteiger partial charge in [0.15, 0.2) is 5.82 Å². The molecule has 1 aromatic carbocycles. The van der Waals surface area contributed by atoms with Crippen molar-refractivity contribution in [3.05, 3.63) is 41.6 Å². The molecule has 0 aliphatic carbocycles. The molecule has 154 valence electrons. The number of hydrogen-bond donors (Lipinski definition) is 1. The summed E-state index contributed by atoms with van der Waals surface area (Å²) in [7, 11) is 0. The van der Waals surface area contributed by atoms with E-state index >= 15 is 0 Å². The van der Waals surface area contributed by atoms with Crippen LogP contribution in [-0.2, 0) is 13.0 Å². The molecule has 2 aliphatic heterocycles. The Labute approximate surface area is 173 Å². The first-order valence-electron chi connectivity index (χ1n) is 10.7. The van der Waals surface area contributed by atoms with E-state index < -0.39 is 0 Å². The highest BCUT2D eigenvalue weighted by Crippen LogP contribution is 2.31. The van der Waals surface area contributed by atoms with Crippen LogP contribution in [0.5, 0.6) is 0 Å². The summed E-state index contributed by atoms with van der Waals surface area (Å²) in [6, 6.07) is 10.2. The molecule has 3 heterocycles. The zero-order valence-electron chi connectivity index (χ0n) is 17.7. The third kappa shape index (κ3) is 4.52. The summed E-state index contributed by atoms with van der Waals surface area (Å²) in [6.45, 7) is 9.32. The summed E-state index contributed by atoms with van der Waals surface area (Å²) in [4.78, 5) is 27.0. The minimum Gasteiger partial charge on any atom is -0.356 e. The Hall–Kier alpha value is -2.63. The average Bonchev–Trinajstić information content (AvgIpc) is 2.72. The molecule has 1 fully saturated rings. The fourth-order valence-corrected chi connectivity index (χ4v) is 4.05. The Bertz CT molecular complexity index is 869. The fraction of sp³-hybridized carbons (Fsp3) is 0.522. The lowest BCUT2D eigenvalue weighted by Gasteiger charge is -2.35. The Morgan fingerprint density at radius 2 is 1.72 bits per heavy atom. The highest BCUT2D eigenvalue weighted by molar-refractivity contribution is 5.76. The molecule has 1 aromatic heterocycles. The lowest BCUT2D eigenvalue weighted by atomic mass is 10.0. The lowest BCUT2D eigenvalue weighted by Crippen LogP contribution is -2.50. The molecule has 6 heteroatoms. The third-order valence-electron chi connectivity index (χ3n) is 5.50. The quantitative estimate of drug-likeness (QED) is 0.838. The smallest absolute Gasteiger partial charge is 0.318 e. The number of amides is 2. The van der Waals surface area contributed by atoms with Crippen molar-refractivity contribution in [1.29, 1.82) is 0 Å². The monoisotopic (exact) mass is 393 g/mol. The second-order valence-corrected chi connectivity index (χ2v) is 9.06. The predicted molar refractivity (Wildman–Crippen MR) is 116 cm³/mol. The number of anilines is 1. The maximum absolute atomic E-state index is 12.8. The van der Waals surface area contributed by atoms with Gasteiger partial charge in [0, 0.05) is 42.7 Å². The van der Waals surface area contributed by atoms with E-state index in [4.69, 9.17) is 9.97 Å². The Balaban J connectivity index is 1.69. The third-order valence-corrected chi connectivity index (χ3v) is 5.50. The average molecular weight is 394 g/mol. The van der Waals surface area contributed by atoms with Gasteiger partial charge in [-0.15, -0.1) is 0 Å². The number of aromatic nitrogens is 2. The highest BCUT2D eigenvalue weighted by atomic mass is 16.2. The Morgan fingerprint density at radius 3 is 2.41 bits per heavy atom. The van der Waals surface area contributed by atoms with Crippen molar-refractivity contribution < 1.29 is 4.79 Å². The van der Waals surface area contributed by atoms with Gasteiger partial charge in [0.25, 0.3) is 0 Å². The van der Waals surface area contributed by atoms with Gasteiger partial charge in [-0.25, -0.2) is 14.8 Å². The van der Waals surface area contributed by atoms with E-state index in [9.17, 15) is 4.79 Å². The van der Waals surface area contributed by atoms with Crippen molar-refractivity contribution in [1.82, 2.24) is 20.2 Å². The largest absolute Gasteiger partial charge is 0.356 e. The van der Waals surface area contributed by atoms with E-state index in [2.05, 4.69) is 22.3 Å². The first-order chi connectivity index (χ1) is 13.9. The van der Waals surface area contributed by atoms with Gasteiger partial charge in [0.2, 0.25) is 0 Å². The second-order valence-electron chi connectivity index (χ2n) is 9.06. The van der Waals surface area contributed by atoms with Crippen LogP contribution in [0.4, 0.5) is 10.6 Å². The molecule has 0 radical (unpaired) electrons. The molecule has 29 heavy (non-hydrogen) atoms. The number of carbonyl (C=O) groups excluding carboxylic acids is 1. The Kier molecular flexibility index (Phi) is 5.43. The van der Waals surface area contributed by atoms with E-state index in [0.717, 1.165) is 48.0 Å². The number of urea groups is 1. The van der Waals surface area contributed by atoms with Gasteiger partial charge < -0.3 is 15.1 Å². The highest BCUT2D eigenvalue weighted by Gasteiger charge is 2.29. The normalized spacial score (nSPS) is 17.1. The SMILES string of the molecule is CC(C)(C)NC(=O)N1CCc2nc(-c3ccccc3)nc(N3CCCCC3)c2C1. The number of carbonyl (C=O) groups is 1. The van der Waals surface area contributed by atoms with Crippen LogP contribution in [0, 0.1) is 0 Å². The van der Waals surface area contributed by atoms with Gasteiger partial charge in [0.05, 0.1) is 12.2 Å². The van der Waals surface area contributed by atoms with Crippen LogP contribution in [0.3, 0.4) is 0 Å². The van der Waals surface area contributed by atoms with E-state index in [1.54, 1.807) is 0 Å². The summed E-state index contributed by atoms with van der Waals surface area (Å²) < 4.78 is 0. The van der Waals surface area contributed by atoms with E-state index in [1.807, 2.05) is 43.9 Å². The molecule has 0 bridgehead atoms. The topological polar surface area (TPSA) is 61.4 Å². The first kappa shape index (κ1) is 19.7. The summed E-state index contributed by atoms with van der Waals surface area (Å²) in [5.74, 6) is 1.80. The summed E-state index contributed by atoms with van der Waals surface area (Å²) in [5.41, 5.74) is 2.99. The molecule has 0 unspecified atom stereocenters. The van der Waals surface area contributed by atoms with Crippen LogP contribution in [0.25, 0.3) is 11.4 Å². The Morgan fingerprint density at radius 1 is 1.00 bits per heavy atom. The summed E-state index contributed by atoms with van der Waals surface area (Å²) >= 11 is 0. The zero-order valence-corrected chi connectivity index (χ0v) is 17.7. The molecule has 0 spiro atoms. The number of benzene rings is 1. The maximum Gasteiger partial charge on any atom is 0.318 e. The number of fused-ring (bicyclic) bond motifs is 1. The molecule has 1 saturated heterocycles. The molecular weight excluding hydrogens is 362 g/mol. The van der Waals surface area contributed by atoms with Crippen molar-refractivity contribution in [3.8, 4) is 11.4 Å². The van der Waals surface area contributed by atoms with Gasteiger partial charge in [0.1, 0.15) is 5.82 Å². The summed E-state index contributed by atoms with van der Waals surface area (Å²) in [5, 5.41) is 3.09. The van der Waals surface area contributed by atoms with E-state index in [1.165, 1.54) is 19.3 Å². The summed E-state index contributed by atoms with van der Waals surface area (Å²) in [6.07, 6.45) is 4.41. The van der Waals surface area contributed by atoms with E-state index in [0.29, 0.717) is 13.1 Å². The molecule has 4 rings (SSSR count). The maximum atomic E-state index is 12.8. The van der Waals surface area contributed by atoms with E-state index in [-0.39, 0.29) is 11.6 Å². The number of rotatable bonds is 2. The van der Waals surface area contributed by atoms with Crippen molar-refractivity contribution in [2.45, 2.75) is 58.5 Å². The standard InChI is InChI=1S/C23H31N5O/c1-23(2,3)26-22(29)28-15-12-19-18(16-28)21(27-13-8-5-9-14-27)25-20(24-19)17-10-6-4-7-11-17/h4,6-7,10-11H,5,8-9,12-16H2,1-3H3,(H,26,29). The molecule has 2 aromatic rings. The number of nitrogens with zero attached hydrogens (tertiary/aromatic N) is 4. The fourth-order valence-electron chi connectivity index (χ4n) is 4.05. The number of piperidine rings is 1. The van der Waals surface area contributed by atoms with Gasteiger partial charge in [-0.3, -0.25) is 0 Å². The number of nitrogens with one attached hydrogen (secondary N) is 1. The van der Waals surface area contributed by atoms with Crippen LogP contribution in [-0.4, -0.2) is 46.1 Å². The van der Waals surface area contributed by atoms with Gasteiger partial charge >= 0.3 is 6.03 Å². The molecular formula is C23H31N5O. The van der Waals surface area contributed by atoms with Gasteiger partial charge in [-0.2, -0.15) is 0 Å². The molecule has 0 atom stereocenters. The molecule has 2 aliphatic rings. The van der Waals surface area contributed by atoms with Crippen molar-refractivity contribution >= 4 is 11.8 Å². The molecule has 6 nitrogen and oxygen atoms in total. The van der Waals surface area contributed by atoms with Crippen LogP contribution >= 0.6 is 0 Å². The van der Waals surface area contributed by atoms with Crippen molar-refractivity contribution in [2.24, 2.45) is 0 Å². The van der Waals surface area contributed by atoms with Crippen molar-refractivity contribution in [2.75, 3.05) is 24.5 Å². The van der Waals surface area contributed by atoms with Crippen molar-refractivity contribution in [3.63, 3.8) is 0 Å². The van der Waals surface area contributed by atoms with Crippen LogP contribution in [0.15, 0.2) is 30.3 Å². The van der Waals surface area contributed by atoms with Gasteiger partial charge in [-0.05, 0) is 40.0 Å². The van der Waals surface area contributed by atoms with Crippen LogP contribution < -0.4 is 10.2 Å². The minimum atomic E-state index is -0.249. The molecule has 1 N–H and O–H groups in total. The second kappa shape index (κ2) is 8.01. The molecule has 0 saturated carbocycles. The number of hydrogen-bond acceptors (Lipinski definition) is 4. The zero-order chi connectivity index (χ0) is 20.4. The first-order valence-corrected chi connectivity index (χ1v) is 10.7. The lowest BCUT2D eigenvalue weighted by molar-refractivity contribution is 0.183. The van der Waals surface area contributed by atoms with Gasteiger partial charge in [-0.1, -0.05) is 30.3 Å². The minimum absolute atomic E-state index is 0.0140. The predicted octanol–water partition coefficient (Wildman–Crippen LogP) is 4.00. The molecule has 2 amide bonds. The van der Waals surface area contributed by atoms with Crippen LogP contribution in [0.1, 0.15) is 51.3 Å².